The number of pyridine rings is 1. The van der Waals surface area contributed by atoms with Crippen LogP contribution in [0.2, 0.25) is 0 Å². The van der Waals surface area contributed by atoms with E-state index in [0.29, 0.717) is 6.04 Å². The lowest BCUT2D eigenvalue weighted by molar-refractivity contribution is 0.188. The summed E-state index contributed by atoms with van der Waals surface area (Å²) in [4.78, 5) is 4.27. The Hall–Kier alpha value is -0.930. The smallest absolute Gasteiger partial charge is 0.0462 e. The van der Waals surface area contributed by atoms with Gasteiger partial charge in [-0.25, -0.2) is 0 Å². The first kappa shape index (κ1) is 14.1. The van der Waals surface area contributed by atoms with Crippen molar-refractivity contribution in [2.24, 2.45) is 0 Å². The predicted molar refractivity (Wildman–Crippen MR) is 71.1 cm³/mol. The van der Waals surface area contributed by atoms with Crippen LogP contribution in [0.4, 0.5) is 0 Å². The molecule has 0 aliphatic rings. The molecule has 0 aliphatic heterocycles. The summed E-state index contributed by atoms with van der Waals surface area (Å²) in [6.07, 6.45) is 7.19. The number of aromatic nitrogens is 1. The molecule has 96 valence electrons. The van der Waals surface area contributed by atoms with Gasteiger partial charge in [-0.3, -0.25) is 4.98 Å². The summed E-state index contributed by atoms with van der Waals surface area (Å²) >= 11 is 0. The van der Waals surface area contributed by atoms with E-state index in [9.17, 15) is 0 Å². The Bertz CT molecular complexity index is 315. The topological polar surface area (TPSA) is 34.1 Å². The number of nitrogens with one attached hydrogen (secondary N) is 1. The Labute approximate surface area is 105 Å². The van der Waals surface area contributed by atoms with Gasteiger partial charge in [-0.15, -0.1) is 0 Å². The monoisotopic (exact) mass is 236 g/mol. The van der Waals surface area contributed by atoms with Gasteiger partial charge in [0.1, 0.15) is 0 Å². The summed E-state index contributed by atoms with van der Waals surface area (Å²) in [5.74, 6) is 0. The van der Waals surface area contributed by atoms with E-state index in [-0.39, 0.29) is 0 Å². The third-order valence-corrected chi connectivity index (χ3v) is 2.78. The van der Waals surface area contributed by atoms with Gasteiger partial charge in [0.25, 0.3) is 0 Å². The highest BCUT2D eigenvalue weighted by Crippen LogP contribution is 2.18. The first-order valence-corrected chi connectivity index (χ1v) is 6.41. The minimum Gasteiger partial charge on any atom is -0.385 e. The lowest BCUT2D eigenvalue weighted by Crippen LogP contribution is -2.22. The zero-order valence-electron chi connectivity index (χ0n) is 11.2. The second-order valence-corrected chi connectivity index (χ2v) is 4.44. The van der Waals surface area contributed by atoms with Crippen molar-refractivity contribution in [3.8, 4) is 0 Å². The lowest BCUT2D eigenvalue weighted by Gasteiger charge is -2.18. The minimum atomic E-state index is 0.400. The molecule has 0 radical (unpaired) electrons. The first-order valence-electron chi connectivity index (χ1n) is 6.41. The molecule has 3 heteroatoms. The Morgan fingerprint density at radius 1 is 1.41 bits per heavy atom. The maximum Gasteiger partial charge on any atom is 0.0462 e. The molecule has 17 heavy (non-hydrogen) atoms. The highest BCUT2D eigenvalue weighted by molar-refractivity contribution is 5.20. The van der Waals surface area contributed by atoms with Crippen LogP contribution in [0.15, 0.2) is 18.5 Å². The summed E-state index contributed by atoms with van der Waals surface area (Å²) in [6.45, 7) is 6.14. The van der Waals surface area contributed by atoms with Crippen LogP contribution in [-0.4, -0.2) is 25.2 Å². The van der Waals surface area contributed by atoms with E-state index in [1.807, 2.05) is 12.4 Å². The van der Waals surface area contributed by atoms with Gasteiger partial charge in [0.2, 0.25) is 0 Å². The van der Waals surface area contributed by atoms with Crippen molar-refractivity contribution in [2.75, 3.05) is 20.3 Å². The fourth-order valence-corrected chi connectivity index (χ4v) is 1.91. The highest BCUT2D eigenvalue weighted by atomic mass is 16.5. The molecule has 1 atom stereocenters. The summed E-state index contributed by atoms with van der Waals surface area (Å²) < 4.78 is 5.11. The summed E-state index contributed by atoms with van der Waals surface area (Å²) in [5.41, 5.74) is 2.51. The quantitative estimate of drug-likeness (QED) is 0.705. The number of ether oxygens (including phenoxy) is 1. The largest absolute Gasteiger partial charge is 0.385 e. The lowest BCUT2D eigenvalue weighted by atomic mass is 10.0. The van der Waals surface area contributed by atoms with E-state index in [2.05, 4.69) is 30.2 Å². The number of rotatable bonds is 8. The van der Waals surface area contributed by atoms with Gasteiger partial charge in [-0.2, -0.15) is 0 Å². The number of nitrogens with zero attached hydrogens (tertiary/aromatic N) is 1. The molecular formula is C14H24N2O. The van der Waals surface area contributed by atoms with E-state index < -0.39 is 0 Å². The van der Waals surface area contributed by atoms with E-state index in [0.717, 1.165) is 32.4 Å². The maximum absolute atomic E-state index is 5.11. The number of aryl methyl sites for hydroxylation is 1. The van der Waals surface area contributed by atoms with Gasteiger partial charge in [0, 0.05) is 32.2 Å². The fraction of sp³-hybridized carbons (Fsp3) is 0.643. The van der Waals surface area contributed by atoms with Crippen molar-refractivity contribution in [1.82, 2.24) is 10.3 Å². The van der Waals surface area contributed by atoms with Crippen LogP contribution < -0.4 is 5.32 Å². The number of hydrogen-bond donors (Lipinski definition) is 1. The van der Waals surface area contributed by atoms with Crippen molar-refractivity contribution in [1.29, 1.82) is 0 Å². The Balaban J connectivity index is 2.60. The Morgan fingerprint density at radius 3 is 2.88 bits per heavy atom. The first-order chi connectivity index (χ1) is 8.27. The van der Waals surface area contributed by atoms with Gasteiger partial charge in [0.05, 0.1) is 0 Å². The Morgan fingerprint density at radius 2 is 2.24 bits per heavy atom. The summed E-state index contributed by atoms with van der Waals surface area (Å²) in [5, 5.41) is 3.58. The average molecular weight is 236 g/mol. The molecule has 0 bridgehead atoms. The van der Waals surface area contributed by atoms with Crippen LogP contribution in [0.1, 0.15) is 43.4 Å². The van der Waals surface area contributed by atoms with Crippen LogP contribution in [0.3, 0.4) is 0 Å². The molecule has 1 rings (SSSR count). The molecule has 0 spiro atoms. The predicted octanol–water partition coefficient (Wildman–Crippen LogP) is 2.86. The van der Waals surface area contributed by atoms with E-state index >= 15 is 0 Å². The highest BCUT2D eigenvalue weighted by Gasteiger charge is 2.10. The van der Waals surface area contributed by atoms with E-state index in [1.165, 1.54) is 11.1 Å². The third kappa shape index (κ3) is 5.29. The normalized spacial score (nSPS) is 12.6. The molecule has 1 N–H and O–H groups in total. The van der Waals surface area contributed by atoms with Gasteiger partial charge in [-0.1, -0.05) is 13.0 Å². The molecule has 0 saturated heterocycles. The van der Waals surface area contributed by atoms with Crippen molar-refractivity contribution in [3.05, 3.63) is 29.6 Å². The average Bonchev–Trinajstić information content (AvgIpc) is 2.33. The van der Waals surface area contributed by atoms with Crippen LogP contribution in [0.25, 0.3) is 0 Å². The van der Waals surface area contributed by atoms with Crippen LogP contribution >= 0.6 is 0 Å². The number of hydrogen-bond acceptors (Lipinski definition) is 3. The molecule has 0 amide bonds. The molecule has 0 fully saturated rings. The van der Waals surface area contributed by atoms with Gasteiger partial charge in [0.15, 0.2) is 0 Å². The van der Waals surface area contributed by atoms with Crippen LogP contribution in [0.5, 0.6) is 0 Å². The van der Waals surface area contributed by atoms with Gasteiger partial charge < -0.3 is 10.1 Å². The van der Waals surface area contributed by atoms with E-state index in [4.69, 9.17) is 4.74 Å². The summed E-state index contributed by atoms with van der Waals surface area (Å²) in [7, 11) is 1.75. The summed E-state index contributed by atoms with van der Waals surface area (Å²) in [6, 6.07) is 2.62. The second-order valence-electron chi connectivity index (χ2n) is 4.44. The fourth-order valence-electron chi connectivity index (χ4n) is 1.91. The standard InChI is InChI=1S/C14H24N2O/c1-4-7-16-14(6-5-8-17-3)13-9-12(2)10-15-11-13/h9-11,14,16H,4-8H2,1-3H3. The Kier molecular flexibility index (Phi) is 6.82. The van der Waals surface area contributed by atoms with Gasteiger partial charge in [-0.05, 0) is 43.9 Å². The third-order valence-electron chi connectivity index (χ3n) is 2.78. The minimum absolute atomic E-state index is 0.400. The van der Waals surface area contributed by atoms with Crippen molar-refractivity contribution in [2.45, 2.75) is 39.2 Å². The molecule has 1 unspecified atom stereocenters. The molecule has 1 aromatic heterocycles. The molecular weight excluding hydrogens is 212 g/mol. The van der Waals surface area contributed by atoms with Gasteiger partial charge >= 0.3 is 0 Å². The zero-order chi connectivity index (χ0) is 12.5. The maximum atomic E-state index is 5.11. The molecule has 3 nitrogen and oxygen atoms in total. The molecule has 0 aliphatic carbocycles. The van der Waals surface area contributed by atoms with Crippen LogP contribution in [-0.2, 0) is 4.74 Å². The second kappa shape index (κ2) is 8.20. The van der Waals surface area contributed by atoms with Crippen molar-refractivity contribution in [3.63, 3.8) is 0 Å². The van der Waals surface area contributed by atoms with Crippen molar-refractivity contribution < 1.29 is 4.74 Å². The molecule has 1 heterocycles. The molecule has 0 saturated carbocycles. The molecule has 0 aromatic carbocycles. The zero-order valence-corrected chi connectivity index (χ0v) is 11.2. The molecule has 1 aromatic rings. The SMILES string of the molecule is CCCNC(CCCOC)c1cncc(C)c1. The van der Waals surface area contributed by atoms with Crippen LogP contribution in [0, 0.1) is 6.92 Å². The number of methoxy groups -OCH3 is 1. The van der Waals surface area contributed by atoms with Crippen molar-refractivity contribution >= 4 is 0 Å². The van der Waals surface area contributed by atoms with E-state index in [1.54, 1.807) is 7.11 Å².